The number of aryl methyl sites for hydroxylation is 1. The number of H-pyrrole nitrogens is 1. The Balaban J connectivity index is 0.00000444. The molecular formula is C69H100N8O23P3S5+. The van der Waals surface area contributed by atoms with E-state index in [4.69, 9.17) is 72.3 Å². The van der Waals surface area contributed by atoms with Crippen molar-refractivity contribution in [1.82, 2.24) is 25.2 Å². The third-order valence-electron chi connectivity index (χ3n) is 17.2. The Kier molecular flexibility index (Phi) is 36.7. The van der Waals surface area contributed by atoms with Crippen LogP contribution < -0.4 is 26.8 Å². The van der Waals surface area contributed by atoms with Gasteiger partial charge in [0.2, 0.25) is 17.5 Å². The largest absolute Gasteiger partial charge is 0.490 e. The number of alkyl carbamates (subject to hydrolysis) is 1. The molecule has 1 saturated heterocycles. The van der Waals surface area contributed by atoms with Crippen molar-refractivity contribution < 1.29 is 106 Å². The minimum absolute atomic E-state index is 0.00321. The van der Waals surface area contributed by atoms with E-state index in [1.165, 1.54) is 50.2 Å². The van der Waals surface area contributed by atoms with Crippen molar-refractivity contribution in [3.05, 3.63) is 117 Å². The first kappa shape index (κ1) is 91.3. The summed E-state index contributed by atoms with van der Waals surface area (Å²) in [7, 11) is -17.5. The number of phosphoric ester groups is 1. The van der Waals surface area contributed by atoms with E-state index in [-0.39, 0.29) is 94.8 Å². The summed E-state index contributed by atoms with van der Waals surface area (Å²) in [6.07, 6.45) is 16.3. The fourth-order valence-corrected chi connectivity index (χ4v) is 17.9. The lowest BCUT2D eigenvalue weighted by Gasteiger charge is -2.25. The van der Waals surface area contributed by atoms with Gasteiger partial charge >= 0.3 is 40.2 Å². The van der Waals surface area contributed by atoms with Crippen LogP contribution in [0.25, 0.3) is 11.0 Å². The molecule has 0 radical (unpaired) electrons. The molecule has 3 aliphatic rings. The highest BCUT2D eigenvalue weighted by molar-refractivity contribution is 8.77. The van der Waals surface area contributed by atoms with E-state index >= 15 is 0 Å². The fraction of sp³-hybridized carbons (Fsp3) is 0.565. The molecular weight excluding hydrogens is 1560 g/mol. The number of nitrogen functional groups attached to an aromatic ring is 1. The quantitative estimate of drug-likeness (QED) is 0.00388. The van der Waals surface area contributed by atoms with E-state index in [1.54, 1.807) is 27.8 Å². The number of para-hydroxylation sites is 1. The molecule has 31 nitrogen and oxygen atoms in total. The smallest absolute Gasteiger partial charge is 0.450 e. The minimum Gasteiger partial charge on any atom is -0.450 e. The van der Waals surface area contributed by atoms with Gasteiger partial charge in [-0.1, -0.05) is 105 Å². The Bertz CT molecular complexity index is 4300. The number of aromatic amines is 1. The highest BCUT2D eigenvalue weighted by Crippen LogP contribution is 2.66. The summed E-state index contributed by atoms with van der Waals surface area (Å²) in [6, 6.07) is 15.4. The predicted molar refractivity (Wildman–Crippen MR) is 418 cm³/mol. The van der Waals surface area contributed by atoms with Crippen LogP contribution in [0.2, 0.25) is 0 Å². The highest BCUT2D eigenvalue weighted by Gasteiger charge is 2.46. The number of ether oxygens (including phenoxy) is 6. The molecule has 2 amide bonds. The Morgan fingerprint density at radius 3 is 2.29 bits per heavy atom. The molecule has 7 rings (SSSR count). The van der Waals surface area contributed by atoms with Gasteiger partial charge in [-0.2, -0.15) is 18.2 Å². The summed E-state index contributed by atoms with van der Waals surface area (Å²) in [6.45, 7) is 21.3. The molecule has 3 unspecified atom stereocenters. The molecule has 1 fully saturated rings. The summed E-state index contributed by atoms with van der Waals surface area (Å²) < 4.78 is 111. The molecule has 39 heteroatoms. The van der Waals surface area contributed by atoms with Crippen molar-refractivity contribution in [2.75, 3.05) is 101 Å². The normalized spacial score (nSPS) is 18.5. The molecule has 4 aromatic rings. The van der Waals surface area contributed by atoms with Gasteiger partial charge < -0.3 is 73.8 Å². The first-order valence-electron chi connectivity index (χ1n) is 34.9. The Labute approximate surface area is 646 Å². The maximum atomic E-state index is 13.2. The van der Waals surface area contributed by atoms with Gasteiger partial charge in [0.25, 0.3) is 5.56 Å². The van der Waals surface area contributed by atoms with Crippen LogP contribution in [0.1, 0.15) is 148 Å². The fourth-order valence-electron chi connectivity index (χ4n) is 12.1. The topological polar surface area (TPSA) is 425 Å². The Morgan fingerprint density at radius 1 is 0.880 bits per heavy atom. The van der Waals surface area contributed by atoms with Crippen LogP contribution in [-0.2, 0) is 107 Å². The zero-order valence-corrected chi connectivity index (χ0v) is 68.8. The molecule has 9 N–H and O–H groups in total. The Hall–Kier alpha value is -5.58. The number of phosphoric acid groups is 3. The number of carbonyl (C=O) groups excluding carboxylic acids is 3. The molecule has 2 aromatic heterocycles. The number of amides is 2. The first-order chi connectivity index (χ1) is 50.9. The van der Waals surface area contributed by atoms with Gasteiger partial charge in [-0.15, -0.1) is 12.6 Å². The van der Waals surface area contributed by atoms with Crippen molar-refractivity contribution in [3.8, 4) is 11.8 Å². The number of allylic oxidation sites excluding steroid dienone is 6. The van der Waals surface area contributed by atoms with Gasteiger partial charge in [0.1, 0.15) is 30.6 Å². The molecule has 0 saturated carbocycles. The number of Topliss-reactive ketones (excluding diaryl/α,β-unsaturated/α-hetero) is 1. The number of hydrogen-bond donors (Lipinski definition) is 8. The number of nitrogens with zero attached hydrogens (tertiary/aromatic N) is 4. The SMILES string of the molecule is CCN1\C(=C/C=C/C=C/C2=[N+](CCCCCC(=O)NCCOCCOCCNC(=O)OCCC(C)(C)SSCOCCCCC(=O)CCC#Cc3cn([C@H]4C[C@H](OCS(C)=S)[C@@H](COP(=O)(O)OP(=O)(O)OP(=O)(O)O)O4)c4nc(N)[nH]c(=O)c34)c3ccc(C)cc3C2(C)C)C(C)(C)c2ccccc21.O=S(=O)=O. The summed E-state index contributed by atoms with van der Waals surface area (Å²) in [5.74, 6) is 6.15. The zero-order valence-electron chi connectivity index (χ0n) is 62.0. The van der Waals surface area contributed by atoms with E-state index < -0.39 is 80.2 Å². The van der Waals surface area contributed by atoms with Gasteiger partial charge in [-0.05, 0) is 115 Å². The summed E-state index contributed by atoms with van der Waals surface area (Å²) >= 11 is 5.24. The standard InChI is InChI=1S/C69H99N8O20P3S4.O3S/c1-10-75-54-27-19-18-26-52(54)68(5,6)58(75)28-13-11-14-29-59-69(7,8)53-43-49(2)31-32-55(53)76(59)36-21-12-15-30-60(79)71-34-39-89-41-42-90-40-35-72-66(81)92-38-33-67(3,4)103-102-47-91-37-22-20-25-51(78)24-17-16-23-50-45-77(63-62(50)64(80)74-65(70)73-63)61-44-56(93-48-104(9)101)57(95-61)46-94-99(85,86)97-100(87,88)96-98(82,83)84;1-4(2)3/h11,13-14,18-19,26-29,31-32,43,45,56-57,61H,10,12,15,17,20-22,24-25,30,33-42,44,46-48H2,1-9H3,(H8-,70,71,72,73,74,79,80,81,82,83,84,85,86,87,88);/p+1/t56-,57+,61+,104?;/m0./s1. The lowest BCUT2D eigenvalue weighted by Crippen LogP contribution is -2.30. The molecule has 5 heterocycles. The van der Waals surface area contributed by atoms with Gasteiger partial charge in [0.05, 0.1) is 68.0 Å². The van der Waals surface area contributed by atoms with Crippen LogP contribution in [0.15, 0.2) is 89.5 Å². The predicted octanol–water partition coefficient (Wildman–Crippen LogP) is 10.0. The monoisotopic (exact) mass is 1660 g/mol. The van der Waals surface area contributed by atoms with Crippen molar-refractivity contribution in [2.45, 2.75) is 160 Å². The number of rotatable bonds is 44. The molecule has 0 aliphatic carbocycles. The number of fused-ring (bicyclic) bond motifs is 3. The third kappa shape index (κ3) is 29.8. The van der Waals surface area contributed by atoms with Crippen molar-refractivity contribution >= 4 is 128 Å². The van der Waals surface area contributed by atoms with Gasteiger partial charge in [-0.3, -0.25) is 23.9 Å². The number of anilines is 2. The van der Waals surface area contributed by atoms with Crippen LogP contribution in [0.5, 0.6) is 0 Å². The second-order valence-electron chi connectivity index (χ2n) is 26.8. The molecule has 0 bridgehead atoms. The van der Waals surface area contributed by atoms with Gasteiger partial charge in [-0.25, -0.2) is 18.5 Å². The van der Waals surface area contributed by atoms with Crippen LogP contribution in [0.3, 0.4) is 0 Å². The van der Waals surface area contributed by atoms with Gasteiger partial charge in [0.15, 0.2) is 11.4 Å². The van der Waals surface area contributed by atoms with Crippen LogP contribution in [0.4, 0.5) is 22.1 Å². The van der Waals surface area contributed by atoms with E-state index in [0.29, 0.717) is 71.0 Å². The third-order valence-corrected chi connectivity index (χ3v) is 24.8. The van der Waals surface area contributed by atoms with Gasteiger partial charge in [0, 0.05) is 110 Å². The Morgan fingerprint density at radius 2 is 1.58 bits per heavy atom. The molecule has 3 aliphatic heterocycles. The number of ketones is 1. The lowest BCUT2D eigenvalue weighted by atomic mass is 9.81. The average molecular weight is 1660 g/mol. The molecule has 0 spiro atoms. The van der Waals surface area contributed by atoms with Crippen molar-refractivity contribution in [3.63, 3.8) is 0 Å². The zero-order chi connectivity index (χ0) is 79.5. The number of nitrogens with two attached hydrogens (primary N) is 1. The number of nitrogens with one attached hydrogen (secondary N) is 3. The molecule has 598 valence electrons. The van der Waals surface area contributed by atoms with Crippen LogP contribution in [-0.4, -0.2) is 182 Å². The summed E-state index contributed by atoms with van der Waals surface area (Å²) in [5, 5.41) is 5.72. The number of carbonyl (C=O) groups is 3. The van der Waals surface area contributed by atoms with Crippen LogP contribution in [0, 0.1) is 18.8 Å². The minimum atomic E-state index is -5.79. The second kappa shape index (κ2) is 43.5. The average Bonchev–Trinajstić information content (AvgIpc) is 1.60. The lowest BCUT2D eigenvalue weighted by molar-refractivity contribution is -0.438. The van der Waals surface area contributed by atoms with E-state index in [2.05, 4.69) is 179 Å². The summed E-state index contributed by atoms with van der Waals surface area (Å²) in [4.78, 5) is 97.5. The molecule has 6 atom stereocenters. The highest BCUT2D eigenvalue weighted by atomic mass is 33.1. The van der Waals surface area contributed by atoms with Crippen molar-refractivity contribution in [1.29, 1.82) is 0 Å². The van der Waals surface area contributed by atoms with Crippen molar-refractivity contribution in [2.24, 2.45) is 0 Å². The number of likely N-dealkylation sites (N-methyl/N-ethyl adjacent to an activating group) is 1. The van der Waals surface area contributed by atoms with E-state index in [9.17, 15) is 42.7 Å². The first-order valence-corrected chi connectivity index (χ1v) is 45.4. The number of unbranched alkanes of at least 4 members (excludes halogenated alkanes) is 3. The second-order valence-corrected chi connectivity index (χ2v) is 37.7. The van der Waals surface area contributed by atoms with Crippen LogP contribution >= 0.6 is 45.1 Å². The molecule has 2 aromatic carbocycles. The summed E-state index contributed by atoms with van der Waals surface area (Å²) in [5.41, 5.74) is 14.4. The molecule has 108 heavy (non-hydrogen) atoms. The van der Waals surface area contributed by atoms with E-state index in [1.807, 2.05) is 0 Å². The maximum absolute atomic E-state index is 13.2. The van der Waals surface area contributed by atoms with E-state index in [0.717, 1.165) is 32.4 Å². The number of benzene rings is 2. The maximum Gasteiger partial charge on any atom is 0.490 e. The number of hydrogen-bond acceptors (Lipinski definition) is 25. The number of aromatic nitrogens is 3.